The quantitative estimate of drug-likeness (QED) is 0.366. The van der Waals surface area contributed by atoms with Crippen LogP contribution in [-0.2, 0) is 0 Å². The fraction of sp³-hybridized carbons (Fsp3) is 1.00. The van der Waals surface area contributed by atoms with E-state index in [1.54, 1.807) is 5.28 Å². The maximum atomic E-state index is 2.43. The van der Waals surface area contributed by atoms with Crippen LogP contribution in [-0.4, -0.2) is 79.4 Å². The van der Waals surface area contributed by atoms with Crippen molar-refractivity contribution in [2.24, 2.45) is 0 Å². The molecule has 22 heavy (non-hydrogen) atoms. The van der Waals surface area contributed by atoms with Crippen LogP contribution in [0.25, 0.3) is 0 Å². The van der Waals surface area contributed by atoms with Crippen molar-refractivity contribution in [2.75, 3.05) is 41.3 Å². The van der Waals surface area contributed by atoms with E-state index in [1.807, 2.05) is 0 Å². The number of hydrogen-bond donors (Lipinski definition) is 0. The van der Waals surface area contributed by atoms with Gasteiger partial charge < -0.3 is 9.80 Å². The van der Waals surface area contributed by atoms with Crippen LogP contribution in [0.3, 0.4) is 0 Å². The molecule has 132 valence electrons. The van der Waals surface area contributed by atoms with Crippen molar-refractivity contribution < 1.29 is 0 Å². The molecule has 0 aromatic carbocycles. The Balaban J connectivity index is 0. The minimum absolute atomic E-state index is 0.252. The Morgan fingerprint density at radius 1 is 0.636 bits per heavy atom. The highest BCUT2D eigenvalue weighted by molar-refractivity contribution is 6.58. The van der Waals surface area contributed by atoms with Crippen molar-refractivity contribution in [2.45, 2.75) is 72.2 Å². The molecule has 0 rings (SSSR count). The van der Waals surface area contributed by atoms with E-state index >= 15 is 0 Å². The second-order valence-electron chi connectivity index (χ2n) is 7.67. The molecule has 0 N–H and O–H groups in total. The topological polar surface area (TPSA) is 6.48 Å². The van der Waals surface area contributed by atoms with Crippen LogP contribution in [0.4, 0.5) is 0 Å². The highest BCUT2D eigenvalue weighted by Crippen LogP contribution is 2.09. The first-order valence-corrected chi connectivity index (χ1v) is 15.2. The van der Waals surface area contributed by atoms with Crippen LogP contribution >= 0.6 is 0 Å². The molecular weight excluding hydrogens is 298 g/mol. The molecule has 0 aromatic heterocycles. The maximum absolute atomic E-state index is 2.43. The molecular formula is C18H44Al2N2. The first-order valence-electron chi connectivity index (χ1n) is 9.62. The van der Waals surface area contributed by atoms with Crippen LogP contribution in [0, 0.1) is 0 Å². The Hall–Kier alpha value is 0.985. The van der Waals surface area contributed by atoms with Gasteiger partial charge in [-0.15, -0.1) is 11.6 Å². The van der Waals surface area contributed by atoms with Crippen LogP contribution < -0.4 is 0 Å². The smallest absolute Gasteiger partial charge is 0.261 e. The van der Waals surface area contributed by atoms with Gasteiger partial charge in [0, 0.05) is 0 Å². The van der Waals surface area contributed by atoms with E-state index in [0.717, 1.165) is 0 Å². The Kier molecular flexibility index (Phi) is 21.0. The zero-order valence-corrected chi connectivity index (χ0v) is 19.4. The van der Waals surface area contributed by atoms with Crippen LogP contribution in [0.1, 0.15) is 39.5 Å². The summed E-state index contributed by atoms with van der Waals surface area (Å²) in [6.45, 7) is 7.27. The lowest BCUT2D eigenvalue weighted by atomic mass is 10.3. The molecule has 0 aliphatic carbocycles. The average molecular weight is 343 g/mol. The Labute approximate surface area is 151 Å². The predicted octanol–water partition coefficient (Wildman–Crippen LogP) is 4.95. The van der Waals surface area contributed by atoms with E-state index in [2.05, 4.69) is 63.4 Å². The minimum Gasteiger partial charge on any atom is -0.309 e. The van der Waals surface area contributed by atoms with Gasteiger partial charge in [0.25, 0.3) is 28.3 Å². The normalized spacial score (nSPS) is 10.6. The average Bonchev–Trinajstić information content (AvgIpc) is 2.44. The lowest BCUT2D eigenvalue weighted by Gasteiger charge is -2.10. The van der Waals surface area contributed by atoms with Gasteiger partial charge >= 0.3 is 0 Å². The van der Waals surface area contributed by atoms with Crippen molar-refractivity contribution in [1.29, 1.82) is 0 Å². The zero-order valence-electron chi connectivity index (χ0n) is 17.1. The van der Waals surface area contributed by atoms with Crippen LogP contribution in [0.15, 0.2) is 0 Å². The second kappa shape index (κ2) is 18.3. The Morgan fingerprint density at radius 2 is 1.05 bits per heavy atom. The third kappa shape index (κ3) is 23.3. The summed E-state index contributed by atoms with van der Waals surface area (Å²) in [5, 5.41) is 6.09. The maximum Gasteiger partial charge on any atom is 0.261 e. The molecule has 0 atom stereocenters. The fourth-order valence-electron chi connectivity index (χ4n) is 2.54. The number of rotatable bonds is 12. The monoisotopic (exact) mass is 342 g/mol. The standard InChI is InChI=1S/2C6H14N.2C2H5.2CH3.2Al/c2*1-4-5-6-7(2)3;2*1-2;;;;/h2*1,4-6H2,2-3H3;2*1H2,2H3;2*1H3;;. The van der Waals surface area contributed by atoms with Gasteiger partial charge in [-0.3, -0.25) is 0 Å². The first-order chi connectivity index (χ1) is 10.3. The molecule has 0 spiro atoms. The van der Waals surface area contributed by atoms with Gasteiger partial charge in [0.05, 0.1) is 0 Å². The molecule has 0 bridgehead atoms. The number of hydrogen-bond acceptors (Lipinski definition) is 2. The minimum atomic E-state index is -0.274. The van der Waals surface area contributed by atoms with Crippen LogP contribution in [0.2, 0.25) is 32.7 Å². The van der Waals surface area contributed by atoms with Crippen LogP contribution in [0.5, 0.6) is 0 Å². The van der Waals surface area contributed by atoms with Gasteiger partial charge in [-0.25, -0.2) is 0 Å². The molecule has 4 heteroatoms. The molecule has 0 heterocycles. The van der Waals surface area contributed by atoms with Gasteiger partial charge in [-0.05, 0) is 54.1 Å². The molecule has 0 saturated heterocycles. The lowest BCUT2D eigenvalue weighted by molar-refractivity contribution is 0.398. The highest BCUT2D eigenvalue weighted by atomic mass is 27.2. The summed E-state index contributed by atoms with van der Waals surface area (Å²) in [7, 11) is 8.61. The van der Waals surface area contributed by atoms with Crippen molar-refractivity contribution >= 4 is 28.3 Å². The van der Waals surface area contributed by atoms with Gasteiger partial charge in [0.1, 0.15) is 0 Å². The van der Waals surface area contributed by atoms with Crippen molar-refractivity contribution in [3.8, 4) is 0 Å². The SMILES string of the molecule is CN(C)CCC[CH2][Al]([CH3])[CH3].C[CH2][Al]([CH2]C)[CH2]CCCN(C)C. The summed E-state index contributed by atoms with van der Waals surface area (Å²) in [5.41, 5.74) is 0. The Morgan fingerprint density at radius 3 is 1.36 bits per heavy atom. The van der Waals surface area contributed by atoms with Crippen molar-refractivity contribution in [3.63, 3.8) is 0 Å². The highest BCUT2D eigenvalue weighted by Gasteiger charge is 2.10. The van der Waals surface area contributed by atoms with E-state index in [-0.39, 0.29) is 28.3 Å². The van der Waals surface area contributed by atoms with E-state index in [9.17, 15) is 0 Å². The Bertz CT molecular complexity index is 195. The first kappa shape index (κ1) is 25.2. The summed E-state index contributed by atoms with van der Waals surface area (Å²) >= 11 is -0.526. The van der Waals surface area contributed by atoms with E-state index < -0.39 is 0 Å². The van der Waals surface area contributed by atoms with Crippen molar-refractivity contribution in [1.82, 2.24) is 9.80 Å². The zero-order chi connectivity index (χ0) is 17.4. The summed E-state index contributed by atoms with van der Waals surface area (Å²) in [6.07, 6.45) is 5.70. The molecule has 2 nitrogen and oxygen atoms in total. The largest absolute Gasteiger partial charge is 0.309 e. The van der Waals surface area contributed by atoms with E-state index in [4.69, 9.17) is 0 Å². The third-order valence-electron chi connectivity index (χ3n) is 4.26. The summed E-state index contributed by atoms with van der Waals surface area (Å²) in [5.74, 6) is 4.85. The van der Waals surface area contributed by atoms with Gasteiger partial charge in [0.2, 0.25) is 0 Å². The lowest BCUT2D eigenvalue weighted by Crippen LogP contribution is -2.14. The van der Waals surface area contributed by atoms with Crippen molar-refractivity contribution in [3.05, 3.63) is 0 Å². The molecule has 0 radical (unpaired) electrons. The molecule has 0 aliphatic heterocycles. The van der Waals surface area contributed by atoms with Gasteiger partial charge in [-0.2, -0.15) is 0 Å². The summed E-state index contributed by atoms with van der Waals surface area (Å²) in [4.78, 5) is 4.55. The van der Waals surface area contributed by atoms with E-state index in [0.29, 0.717) is 0 Å². The predicted molar refractivity (Wildman–Crippen MR) is 109 cm³/mol. The van der Waals surface area contributed by atoms with Gasteiger partial charge in [0.15, 0.2) is 0 Å². The number of nitrogens with zero attached hydrogens (tertiary/aromatic N) is 2. The molecule has 0 aromatic rings. The van der Waals surface area contributed by atoms with Gasteiger partial charge in [-0.1, -0.05) is 47.8 Å². The molecule has 0 aliphatic rings. The second-order valence-corrected chi connectivity index (χ2v) is 15.0. The molecule has 0 saturated carbocycles. The molecule has 0 amide bonds. The summed E-state index contributed by atoms with van der Waals surface area (Å²) < 4.78 is 0. The van der Waals surface area contributed by atoms with E-state index in [1.165, 1.54) is 54.6 Å². The molecule has 0 unspecified atom stereocenters. The molecule has 0 fully saturated rings. The third-order valence-corrected chi connectivity index (χ3v) is 9.36. The summed E-state index contributed by atoms with van der Waals surface area (Å²) in [6, 6.07) is 0. The fourth-order valence-corrected chi connectivity index (χ4v) is 5.90. The number of unbranched alkanes of at least 4 members (excludes halogenated alkanes) is 2.